The number of benzene rings is 2. The van der Waals surface area contributed by atoms with Gasteiger partial charge in [0.05, 0.1) is 15.6 Å². The zero-order valence-electron chi connectivity index (χ0n) is 15.5. The van der Waals surface area contributed by atoms with E-state index in [0.717, 1.165) is 29.4 Å². The highest BCUT2D eigenvalue weighted by atomic mass is 35.5. The molecule has 9 heteroatoms. The van der Waals surface area contributed by atoms with E-state index in [1.807, 2.05) is 23.6 Å². The van der Waals surface area contributed by atoms with Crippen LogP contribution in [-0.4, -0.2) is 43.9 Å². The summed E-state index contributed by atoms with van der Waals surface area (Å²) in [5.74, 6) is -0.634. The minimum atomic E-state index is -3.70. The van der Waals surface area contributed by atoms with E-state index in [0.29, 0.717) is 26.2 Å². The van der Waals surface area contributed by atoms with Crippen molar-refractivity contribution in [3.8, 4) is 0 Å². The van der Waals surface area contributed by atoms with Crippen molar-refractivity contribution in [2.24, 2.45) is 0 Å². The predicted molar refractivity (Wildman–Crippen MR) is 114 cm³/mol. The van der Waals surface area contributed by atoms with Crippen LogP contribution in [0.1, 0.15) is 11.3 Å². The maximum Gasteiger partial charge on any atom is 0.243 e. The number of rotatable bonds is 5. The van der Waals surface area contributed by atoms with Crippen molar-refractivity contribution in [3.63, 3.8) is 0 Å². The molecule has 1 aliphatic rings. The molecule has 0 unspecified atom stereocenters. The van der Waals surface area contributed by atoms with E-state index in [1.54, 1.807) is 11.3 Å². The summed E-state index contributed by atoms with van der Waals surface area (Å²) in [6.45, 7) is 1.77. The average Bonchev–Trinajstić information content (AvgIpc) is 3.19. The number of anilines is 1. The van der Waals surface area contributed by atoms with E-state index in [-0.39, 0.29) is 9.92 Å². The minimum absolute atomic E-state index is 0.0109. The van der Waals surface area contributed by atoms with Crippen LogP contribution in [0.25, 0.3) is 0 Å². The highest BCUT2D eigenvalue weighted by Crippen LogP contribution is 2.26. The van der Waals surface area contributed by atoms with Crippen molar-refractivity contribution in [3.05, 3.63) is 76.0 Å². The van der Waals surface area contributed by atoms with Crippen molar-refractivity contribution in [1.29, 1.82) is 0 Å². The normalized spacial score (nSPS) is 15.6. The molecule has 0 radical (unpaired) electrons. The number of aromatic nitrogens is 1. The van der Waals surface area contributed by atoms with Gasteiger partial charge in [0, 0.05) is 38.0 Å². The summed E-state index contributed by atoms with van der Waals surface area (Å²) in [5, 5.41) is 2.75. The third-order valence-electron chi connectivity index (χ3n) is 4.81. The van der Waals surface area contributed by atoms with E-state index in [1.165, 1.54) is 15.9 Å². The SMILES string of the molecule is O=S(=O)(c1ccc(F)c(Cl)c1)N1CCN(c2nc(Cc3ccccc3)cs2)CC1. The van der Waals surface area contributed by atoms with Crippen molar-refractivity contribution < 1.29 is 12.8 Å². The molecule has 152 valence electrons. The molecule has 0 spiro atoms. The number of halogens is 2. The molecule has 29 heavy (non-hydrogen) atoms. The number of hydrogen-bond donors (Lipinski definition) is 0. The largest absolute Gasteiger partial charge is 0.345 e. The van der Waals surface area contributed by atoms with Crippen LogP contribution in [0, 0.1) is 5.82 Å². The van der Waals surface area contributed by atoms with Crippen molar-refractivity contribution >= 4 is 38.1 Å². The van der Waals surface area contributed by atoms with Crippen LogP contribution in [0.3, 0.4) is 0 Å². The number of thiazole rings is 1. The first-order valence-electron chi connectivity index (χ1n) is 9.12. The lowest BCUT2D eigenvalue weighted by Gasteiger charge is -2.33. The summed E-state index contributed by atoms with van der Waals surface area (Å²) in [5.41, 5.74) is 2.21. The molecule has 1 aromatic heterocycles. The molecule has 0 amide bonds. The van der Waals surface area contributed by atoms with Crippen LogP contribution in [-0.2, 0) is 16.4 Å². The van der Waals surface area contributed by atoms with Crippen LogP contribution in [0.15, 0.2) is 58.8 Å². The van der Waals surface area contributed by atoms with E-state index in [2.05, 4.69) is 17.0 Å². The number of sulfonamides is 1. The Labute approximate surface area is 178 Å². The molecule has 2 aromatic carbocycles. The molecule has 0 aliphatic carbocycles. The Kier molecular flexibility index (Phi) is 5.87. The van der Waals surface area contributed by atoms with Gasteiger partial charge in [-0.15, -0.1) is 11.3 Å². The van der Waals surface area contributed by atoms with Gasteiger partial charge in [0.2, 0.25) is 10.0 Å². The Bertz CT molecular complexity index is 1100. The maximum absolute atomic E-state index is 13.4. The number of piperazine rings is 1. The van der Waals surface area contributed by atoms with E-state index in [4.69, 9.17) is 16.6 Å². The average molecular weight is 452 g/mol. The first-order valence-corrected chi connectivity index (χ1v) is 11.8. The monoisotopic (exact) mass is 451 g/mol. The van der Waals surface area contributed by atoms with Gasteiger partial charge in [0.25, 0.3) is 0 Å². The fraction of sp³-hybridized carbons (Fsp3) is 0.250. The van der Waals surface area contributed by atoms with Gasteiger partial charge in [-0.25, -0.2) is 17.8 Å². The van der Waals surface area contributed by atoms with Gasteiger partial charge in [-0.3, -0.25) is 0 Å². The molecular weight excluding hydrogens is 433 g/mol. The second kappa shape index (κ2) is 8.39. The summed E-state index contributed by atoms with van der Waals surface area (Å²) in [6, 6.07) is 13.6. The Hall–Kier alpha value is -2.00. The van der Waals surface area contributed by atoms with E-state index < -0.39 is 15.8 Å². The Morgan fingerprint density at radius 3 is 2.48 bits per heavy atom. The molecule has 5 nitrogen and oxygen atoms in total. The lowest BCUT2D eigenvalue weighted by molar-refractivity contribution is 0.384. The van der Waals surface area contributed by atoms with Gasteiger partial charge >= 0.3 is 0 Å². The molecule has 0 saturated carbocycles. The Balaban J connectivity index is 1.41. The summed E-state index contributed by atoms with van der Waals surface area (Å²) in [4.78, 5) is 6.82. The molecule has 2 heterocycles. The van der Waals surface area contributed by atoms with Gasteiger partial charge < -0.3 is 4.90 Å². The van der Waals surface area contributed by atoms with Crippen LogP contribution in [0.2, 0.25) is 5.02 Å². The minimum Gasteiger partial charge on any atom is -0.345 e. The topological polar surface area (TPSA) is 53.5 Å². The van der Waals surface area contributed by atoms with Crippen LogP contribution >= 0.6 is 22.9 Å². The fourth-order valence-corrected chi connectivity index (χ4v) is 5.81. The summed E-state index contributed by atoms with van der Waals surface area (Å²) >= 11 is 7.32. The van der Waals surface area contributed by atoms with Gasteiger partial charge in [0.1, 0.15) is 5.82 Å². The molecule has 0 bridgehead atoms. The van der Waals surface area contributed by atoms with Crippen molar-refractivity contribution in [2.75, 3.05) is 31.1 Å². The zero-order valence-corrected chi connectivity index (χ0v) is 17.9. The third kappa shape index (κ3) is 4.45. The molecule has 0 atom stereocenters. The van der Waals surface area contributed by atoms with Crippen LogP contribution in [0.4, 0.5) is 9.52 Å². The first-order chi connectivity index (χ1) is 13.9. The molecule has 1 saturated heterocycles. The second-order valence-corrected chi connectivity index (χ2v) is 9.93. The number of nitrogens with zero attached hydrogens (tertiary/aromatic N) is 3. The Morgan fingerprint density at radius 2 is 1.79 bits per heavy atom. The zero-order chi connectivity index (χ0) is 20.4. The molecule has 3 aromatic rings. The first kappa shape index (κ1) is 20.3. The van der Waals surface area contributed by atoms with E-state index >= 15 is 0 Å². The maximum atomic E-state index is 13.4. The third-order valence-corrected chi connectivity index (χ3v) is 7.94. The fourth-order valence-electron chi connectivity index (χ4n) is 3.23. The summed E-state index contributed by atoms with van der Waals surface area (Å²) < 4.78 is 40.4. The molecule has 1 fully saturated rings. The van der Waals surface area contributed by atoms with Crippen molar-refractivity contribution in [2.45, 2.75) is 11.3 Å². The van der Waals surface area contributed by atoms with Gasteiger partial charge in [0.15, 0.2) is 5.13 Å². The lowest BCUT2D eigenvalue weighted by atomic mass is 10.1. The Morgan fingerprint density at radius 1 is 1.07 bits per heavy atom. The highest BCUT2D eigenvalue weighted by Gasteiger charge is 2.29. The molecule has 0 N–H and O–H groups in total. The molecule has 4 rings (SSSR count). The van der Waals surface area contributed by atoms with Gasteiger partial charge in [-0.1, -0.05) is 41.9 Å². The summed E-state index contributed by atoms with van der Waals surface area (Å²) in [7, 11) is -3.70. The molecular formula is C20H19ClFN3O2S2. The van der Waals surface area contributed by atoms with Crippen LogP contribution in [0.5, 0.6) is 0 Å². The second-order valence-electron chi connectivity index (χ2n) is 6.75. The highest BCUT2D eigenvalue weighted by molar-refractivity contribution is 7.89. The quantitative estimate of drug-likeness (QED) is 0.587. The molecule has 1 aliphatic heterocycles. The predicted octanol–water partition coefficient (Wildman–Crippen LogP) is 4.04. The van der Waals surface area contributed by atoms with Crippen molar-refractivity contribution in [1.82, 2.24) is 9.29 Å². The smallest absolute Gasteiger partial charge is 0.243 e. The standard InChI is InChI=1S/C20H19ClFN3O2S2/c21-18-13-17(6-7-19(18)22)29(26,27)25-10-8-24(9-11-25)20-23-16(14-28-20)12-15-4-2-1-3-5-15/h1-7,13-14H,8-12H2. The number of hydrogen-bond acceptors (Lipinski definition) is 5. The van der Waals surface area contributed by atoms with E-state index in [9.17, 15) is 12.8 Å². The van der Waals surface area contributed by atoms with Crippen LogP contribution < -0.4 is 4.90 Å². The lowest BCUT2D eigenvalue weighted by Crippen LogP contribution is -2.48. The van der Waals surface area contributed by atoms with Gasteiger partial charge in [-0.05, 0) is 23.8 Å². The van der Waals surface area contributed by atoms with Gasteiger partial charge in [-0.2, -0.15) is 4.31 Å². The summed E-state index contributed by atoms with van der Waals surface area (Å²) in [6.07, 6.45) is 0.775.